The van der Waals surface area contributed by atoms with E-state index < -0.39 is 0 Å². The molecule has 1 saturated heterocycles. The Morgan fingerprint density at radius 1 is 1.10 bits per heavy atom. The molecule has 2 rings (SSSR count). The zero-order valence-electron chi connectivity index (χ0n) is 12.8. The van der Waals surface area contributed by atoms with Gasteiger partial charge in [0.25, 0.3) is 0 Å². The third-order valence-corrected chi connectivity index (χ3v) is 3.90. The molecule has 5 nitrogen and oxygen atoms in total. The van der Waals surface area contributed by atoms with Crippen LogP contribution in [-0.2, 0) is 0 Å². The number of rotatable bonds is 6. The molecule has 1 aromatic heterocycles. The van der Waals surface area contributed by atoms with Crippen molar-refractivity contribution < 1.29 is 0 Å². The molecule has 0 aromatic carbocycles. The largest absolute Gasteiger partial charge is 0.353 e. The molecule has 5 heteroatoms. The van der Waals surface area contributed by atoms with Crippen molar-refractivity contribution in [2.45, 2.75) is 33.1 Å². The van der Waals surface area contributed by atoms with Crippen LogP contribution in [0.5, 0.6) is 0 Å². The Bertz CT molecular complexity index is 413. The Balaban J connectivity index is 1.80. The fraction of sp³-hybridized carbons (Fsp3) is 0.733. The van der Waals surface area contributed by atoms with Crippen molar-refractivity contribution in [2.24, 2.45) is 5.73 Å². The van der Waals surface area contributed by atoms with Gasteiger partial charge in [-0.3, -0.25) is 9.88 Å². The number of aromatic nitrogens is 2. The van der Waals surface area contributed by atoms with Crippen molar-refractivity contribution in [2.75, 3.05) is 44.2 Å². The van der Waals surface area contributed by atoms with Crippen LogP contribution in [0.4, 0.5) is 5.82 Å². The van der Waals surface area contributed by atoms with Gasteiger partial charge in [-0.2, -0.15) is 0 Å². The molecule has 2 N–H and O–H groups in total. The van der Waals surface area contributed by atoms with Crippen LogP contribution < -0.4 is 10.6 Å². The Labute approximate surface area is 122 Å². The van der Waals surface area contributed by atoms with Crippen molar-refractivity contribution in [3.05, 3.63) is 17.6 Å². The minimum absolute atomic E-state index is 0.819. The maximum atomic E-state index is 5.52. The second kappa shape index (κ2) is 7.55. The highest BCUT2D eigenvalue weighted by molar-refractivity contribution is 5.43. The SMILES string of the molecule is Cc1cnc(C)c(N2CCN(CCCCCN)CC2)n1. The molecule has 0 amide bonds. The van der Waals surface area contributed by atoms with Gasteiger partial charge < -0.3 is 10.6 Å². The highest BCUT2D eigenvalue weighted by Crippen LogP contribution is 2.17. The van der Waals surface area contributed by atoms with E-state index in [9.17, 15) is 0 Å². The summed E-state index contributed by atoms with van der Waals surface area (Å²) in [6.45, 7) is 10.4. The molecule has 0 aliphatic carbocycles. The summed E-state index contributed by atoms with van der Waals surface area (Å²) in [6.07, 6.45) is 5.50. The zero-order valence-corrected chi connectivity index (χ0v) is 12.8. The average molecular weight is 277 g/mol. The van der Waals surface area contributed by atoms with Crippen molar-refractivity contribution in [3.8, 4) is 0 Å². The number of anilines is 1. The first-order chi connectivity index (χ1) is 9.70. The van der Waals surface area contributed by atoms with Crippen molar-refractivity contribution in [3.63, 3.8) is 0 Å². The summed E-state index contributed by atoms with van der Waals surface area (Å²) >= 11 is 0. The lowest BCUT2D eigenvalue weighted by Crippen LogP contribution is -2.47. The maximum Gasteiger partial charge on any atom is 0.150 e. The molecule has 1 fully saturated rings. The molecule has 0 atom stereocenters. The van der Waals surface area contributed by atoms with Crippen LogP contribution in [0, 0.1) is 13.8 Å². The van der Waals surface area contributed by atoms with Crippen LogP contribution in [0.3, 0.4) is 0 Å². The van der Waals surface area contributed by atoms with E-state index in [1.807, 2.05) is 20.0 Å². The third-order valence-electron chi connectivity index (χ3n) is 3.90. The van der Waals surface area contributed by atoms with Gasteiger partial charge in [-0.25, -0.2) is 4.98 Å². The molecular formula is C15H27N5. The second-order valence-electron chi connectivity index (χ2n) is 5.60. The van der Waals surface area contributed by atoms with Crippen LogP contribution >= 0.6 is 0 Å². The molecule has 1 aromatic rings. The Hall–Kier alpha value is -1.20. The summed E-state index contributed by atoms with van der Waals surface area (Å²) in [7, 11) is 0. The lowest BCUT2D eigenvalue weighted by atomic mass is 10.2. The highest BCUT2D eigenvalue weighted by atomic mass is 15.3. The predicted molar refractivity (Wildman–Crippen MR) is 83.1 cm³/mol. The Kier molecular flexibility index (Phi) is 5.73. The molecule has 0 radical (unpaired) electrons. The number of nitrogens with two attached hydrogens (primary N) is 1. The van der Waals surface area contributed by atoms with Crippen LogP contribution in [0.15, 0.2) is 6.20 Å². The molecule has 1 aliphatic heterocycles. The normalized spacial score (nSPS) is 16.6. The molecule has 0 saturated carbocycles. The molecule has 2 heterocycles. The number of hydrogen-bond acceptors (Lipinski definition) is 5. The van der Waals surface area contributed by atoms with Gasteiger partial charge in [0, 0.05) is 32.4 Å². The van der Waals surface area contributed by atoms with Gasteiger partial charge in [-0.05, 0) is 39.8 Å². The number of hydrogen-bond donors (Lipinski definition) is 1. The van der Waals surface area contributed by atoms with E-state index in [0.29, 0.717) is 0 Å². The number of aryl methyl sites for hydroxylation is 2. The van der Waals surface area contributed by atoms with E-state index in [1.165, 1.54) is 19.4 Å². The first-order valence-electron chi connectivity index (χ1n) is 7.68. The number of piperazine rings is 1. The summed E-state index contributed by atoms with van der Waals surface area (Å²) in [5, 5.41) is 0. The smallest absolute Gasteiger partial charge is 0.150 e. The minimum atomic E-state index is 0.819. The summed E-state index contributed by atoms with van der Waals surface area (Å²) in [5.41, 5.74) is 7.55. The van der Waals surface area contributed by atoms with E-state index >= 15 is 0 Å². The van der Waals surface area contributed by atoms with Gasteiger partial charge in [0.05, 0.1) is 11.4 Å². The van der Waals surface area contributed by atoms with Crippen molar-refractivity contribution in [1.82, 2.24) is 14.9 Å². The Morgan fingerprint density at radius 3 is 2.55 bits per heavy atom. The molecule has 0 unspecified atom stereocenters. The van der Waals surface area contributed by atoms with Gasteiger partial charge >= 0.3 is 0 Å². The molecule has 112 valence electrons. The lowest BCUT2D eigenvalue weighted by Gasteiger charge is -2.35. The molecule has 20 heavy (non-hydrogen) atoms. The average Bonchev–Trinajstić information content (AvgIpc) is 2.47. The van der Waals surface area contributed by atoms with Gasteiger partial charge in [-0.15, -0.1) is 0 Å². The molecule has 0 bridgehead atoms. The first kappa shape index (κ1) is 15.2. The second-order valence-corrected chi connectivity index (χ2v) is 5.60. The van der Waals surface area contributed by atoms with E-state index in [1.54, 1.807) is 0 Å². The fourth-order valence-corrected chi connectivity index (χ4v) is 2.66. The summed E-state index contributed by atoms with van der Waals surface area (Å²) in [5.74, 6) is 1.06. The third kappa shape index (κ3) is 4.15. The van der Waals surface area contributed by atoms with Gasteiger partial charge in [0.2, 0.25) is 0 Å². The van der Waals surface area contributed by atoms with Crippen molar-refractivity contribution in [1.29, 1.82) is 0 Å². The predicted octanol–water partition coefficient (Wildman–Crippen LogP) is 1.34. The van der Waals surface area contributed by atoms with E-state index in [0.717, 1.165) is 56.4 Å². The summed E-state index contributed by atoms with van der Waals surface area (Å²) in [6, 6.07) is 0. The zero-order chi connectivity index (χ0) is 14.4. The fourth-order valence-electron chi connectivity index (χ4n) is 2.66. The summed E-state index contributed by atoms with van der Waals surface area (Å²) in [4.78, 5) is 14.0. The molecular weight excluding hydrogens is 250 g/mol. The van der Waals surface area contributed by atoms with E-state index in [4.69, 9.17) is 5.73 Å². The highest BCUT2D eigenvalue weighted by Gasteiger charge is 2.19. The van der Waals surface area contributed by atoms with Gasteiger partial charge in [0.15, 0.2) is 0 Å². The van der Waals surface area contributed by atoms with Crippen LogP contribution in [0.2, 0.25) is 0 Å². The number of nitrogens with zero attached hydrogens (tertiary/aromatic N) is 4. The Morgan fingerprint density at radius 2 is 1.85 bits per heavy atom. The number of unbranched alkanes of at least 4 members (excludes halogenated alkanes) is 2. The van der Waals surface area contributed by atoms with E-state index in [-0.39, 0.29) is 0 Å². The van der Waals surface area contributed by atoms with Gasteiger partial charge in [-0.1, -0.05) is 6.42 Å². The van der Waals surface area contributed by atoms with Gasteiger partial charge in [0.1, 0.15) is 5.82 Å². The van der Waals surface area contributed by atoms with Crippen LogP contribution in [0.25, 0.3) is 0 Å². The maximum absolute atomic E-state index is 5.52. The summed E-state index contributed by atoms with van der Waals surface area (Å²) < 4.78 is 0. The van der Waals surface area contributed by atoms with E-state index in [2.05, 4.69) is 19.8 Å². The van der Waals surface area contributed by atoms with Crippen molar-refractivity contribution >= 4 is 5.82 Å². The quantitative estimate of drug-likeness (QED) is 0.795. The topological polar surface area (TPSA) is 58.3 Å². The monoisotopic (exact) mass is 277 g/mol. The standard InChI is InChI=1S/C15H27N5/c1-13-12-17-14(2)15(18-13)20-10-8-19(9-11-20)7-5-3-4-6-16/h12H,3-11,16H2,1-2H3. The molecule has 1 aliphatic rings. The first-order valence-corrected chi connectivity index (χ1v) is 7.68. The minimum Gasteiger partial charge on any atom is -0.353 e. The molecule has 0 spiro atoms. The lowest BCUT2D eigenvalue weighted by molar-refractivity contribution is 0.251. The van der Waals surface area contributed by atoms with Crippen LogP contribution in [-0.4, -0.2) is 54.1 Å². The van der Waals surface area contributed by atoms with Crippen LogP contribution in [0.1, 0.15) is 30.7 Å².